The average Bonchev–Trinajstić information content (AvgIpc) is 2.50. The Bertz CT molecular complexity index is 695. The predicted molar refractivity (Wildman–Crippen MR) is 88.6 cm³/mol. The Hall–Kier alpha value is -1.82. The summed E-state index contributed by atoms with van der Waals surface area (Å²) in [7, 11) is 1.47. The molecule has 116 valence electrons. The van der Waals surface area contributed by atoms with Gasteiger partial charge >= 0.3 is 6.03 Å². The van der Waals surface area contributed by atoms with Crippen molar-refractivity contribution in [1.82, 2.24) is 0 Å². The van der Waals surface area contributed by atoms with Crippen molar-refractivity contribution in [2.24, 2.45) is 0 Å². The van der Waals surface area contributed by atoms with E-state index in [0.29, 0.717) is 32.9 Å². The van der Waals surface area contributed by atoms with Crippen LogP contribution in [0.5, 0.6) is 11.5 Å². The van der Waals surface area contributed by atoms with Gasteiger partial charge in [0.25, 0.3) is 0 Å². The van der Waals surface area contributed by atoms with Gasteiger partial charge in [0.15, 0.2) is 11.5 Å². The third kappa shape index (κ3) is 4.10. The summed E-state index contributed by atoms with van der Waals surface area (Å²) < 4.78 is 9.70. The average molecular weight is 362 g/mol. The summed E-state index contributed by atoms with van der Waals surface area (Å²) in [4.78, 5) is 11.9. The lowest BCUT2D eigenvalue weighted by molar-refractivity contribution is 0.262. The Morgan fingerprint density at radius 3 is 2.18 bits per heavy atom. The SMILES string of the molecule is COc1cc(NC(=O)Nc2ccc(Cl)c(Cl)c2)ccc1OCl. The molecule has 0 saturated carbocycles. The summed E-state index contributed by atoms with van der Waals surface area (Å²) in [6, 6.07) is 9.10. The Morgan fingerprint density at radius 2 is 1.59 bits per heavy atom. The maximum atomic E-state index is 11.9. The Balaban J connectivity index is 2.07. The first-order chi connectivity index (χ1) is 10.5. The van der Waals surface area contributed by atoms with E-state index < -0.39 is 6.03 Å². The predicted octanol–water partition coefficient (Wildman–Crippen LogP) is 5.18. The van der Waals surface area contributed by atoms with Gasteiger partial charge < -0.3 is 19.7 Å². The molecule has 8 heteroatoms. The quantitative estimate of drug-likeness (QED) is 0.789. The standard InChI is InChI=1S/C14H11Cl3N2O3/c1-21-13-7-9(3-5-12(13)22-17)19-14(20)18-8-2-4-10(15)11(16)6-8/h2-7H,1H3,(H2,18,19,20). The summed E-state index contributed by atoms with van der Waals surface area (Å²) in [5.41, 5.74) is 1.02. The molecule has 0 aliphatic heterocycles. The highest BCUT2D eigenvalue weighted by atomic mass is 35.5. The molecule has 0 radical (unpaired) electrons. The van der Waals surface area contributed by atoms with Crippen LogP contribution in [-0.2, 0) is 0 Å². The molecular formula is C14H11Cl3N2O3. The molecule has 0 bridgehead atoms. The van der Waals surface area contributed by atoms with Crippen LogP contribution in [0.25, 0.3) is 0 Å². The number of halogens is 3. The van der Waals surface area contributed by atoms with Gasteiger partial charge in [-0.05, 0) is 30.3 Å². The fraction of sp³-hybridized carbons (Fsp3) is 0.0714. The first-order valence-electron chi connectivity index (χ1n) is 6.03. The van der Waals surface area contributed by atoms with Gasteiger partial charge in [0, 0.05) is 17.4 Å². The van der Waals surface area contributed by atoms with Crippen molar-refractivity contribution in [3.63, 3.8) is 0 Å². The van der Waals surface area contributed by atoms with Gasteiger partial charge in [-0.1, -0.05) is 23.2 Å². The van der Waals surface area contributed by atoms with Gasteiger partial charge in [-0.3, -0.25) is 0 Å². The number of rotatable bonds is 4. The molecule has 0 atom stereocenters. The molecule has 0 unspecified atom stereocenters. The third-order valence-electron chi connectivity index (χ3n) is 2.68. The van der Waals surface area contributed by atoms with Crippen LogP contribution in [0.4, 0.5) is 16.2 Å². The number of nitrogens with one attached hydrogen (secondary N) is 2. The lowest BCUT2D eigenvalue weighted by atomic mass is 10.3. The van der Waals surface area contributed by atoms with Crippen LogP contribution in [0, 0.1) is 0 Å². The van der Waals surface area contributed by atoms with E-state index in [2.05, 4.69) is 14.9 Å². The molecular weight excluding hydrogens is 351 g/mol. The second kappa shape index (κ2) is 7.45. The van der Waals surface area contributed by atoms with Gasteiger partial charge in [0.2, 0.25) is 0 Å². The van der Waals surface area contributed by atoms with Crippen molar-refractivity contribution in [3.05, 3.63) is 46.4 Å². The van der Waals surface area contributed by atoms with Crippen molar-refractivity contribution in [3.8, 4) is 11.5 Å². The van der Waals surface area contributed by atoms with Gasteiger partial charge in [-0.15, -0.1) is 0 Å². The number of urea groups is 1. The number of carbonyl (C=O) groups is 1. The summed E-state index contributed by atoms with van der Waals surface area (Å²) in [6.45, 7) is 0. The molecule has 0 spiro atoms. The molecule has 5 nitrogen and oxygen atoms in total. The minimum absolute atomic E-state index is 0.347. The lowest BCUT2D eigenvalue weighted by Gasteiger charge is -2.10. The highest BCUT2D eigenvalue weighted by Crippen LogP contribution is 2.31. The van der Waals surface area contributed by atoms with Crippen LogP contribution in [0.15, 0.2) is 36.4 Å². The van der Waals surface area contributed by atoms with Crippen LogP contribution < -0.4 is 19.7 Å². The molecule has 0 saturated heterocycles. The number of carbonyl (C=O) groups excluding carboxylic acids is 1. The number of amides is 2. The van der Waals surface area contributed by atoms with Crippen molar-refractivity contribution < 1.29 is 13.8 Å². The van der Waals surface area contributed by atoms with Crippen LogP contribution >= 0.6 is 35.1 Å². The molecule has 2 rings (SSSR count). The smallest absolute Gasteiger partial charge is 0.323 e. The van der Waals surface area contributed by atoms with E-state index in [4.69, 9.17) is 39.8 Å². The van der Waals surface area contributed by atoms with E-state index in [1.54, 1.807) is 36.4 Å². The molecule has 2 amide bonds. The summed E-state index contributed by atoms with van der Waals surface area (Å²) in [5.74, 6) is 0.738. The number of hydrogen-bond donors (Lipinski definition) is 2. The number of anilines is 2. The zero-order chi connectivity index (χ0) is 16.1. The summed E-state index contributed by atoms with van der Waals surface area (Å²) in [5, 5.41) is 6.04. The largest absolute Gasteiger partial charge is 0.493 e. The molecule has 0 aliphatic rings. The highest BCUT2D eigenvalue weighted by molar-refractivity contribution is 6.42. The number of hydrogen-bond acceptors (Lipinski definition) is 3. The summed E-state index contributed by atoms with van der Waals surface area (Å²) >= 11 is 17.0. The highest BCUT2D eigenvalue weighted by Gasteiger charge is 2.09. The molecule has 2 aromatic rings. The molecule has 0 heterocycles. The van der Waals surface area contributed by atoms with E-state index >= 15 is 0 Å². The van der Waals surface area contributed by atoms with E-state index in [1.165, 1.54) is 7.11 Å². The minimum Gasteiger partial charge on any atom is -0.493 e. The van der Waals surface area contributed by atoms with Crippen LogP contribution in [0.3, 0.4) is 0 Å². The fourth-order valence-electron chi connectivity index (χ4n) is 1.68. The number of benzene rings is 2. The van der Waals surface area contributed by atoms with Gasteiger partial charge in [0.05, 0.1) is 17.2 Å². The second-order valence-electron chi connectivity index (χ2n) is 4.15. The molecule has 2 N–H and O–H groups in total. The zero-order valence-corrected chi connectivity index (χ0v) is 13.6. The van der Waals surface area contributed by atoms with E-state index in [1.807, 2.05) is 0 Å². The van der Waals surface area contributed by atoms with Gasteiger partial charge in [0.1, 0.15) is 11.9 Å². The van der Waals surface area contributed by atoms with Crippen molar-refractivity contribution in [2.75, 3.05) is 17.7 Å². The lowest BCUT2D eigenvalue weighted by Crippen LogP contribution is -2.19. The summed E-state index contributed by atoms with van der Waals surface area (Å²) in [6.07, 6.45) is 0. The van der Waals surface area contributed by atoms with Crippen LogP contribution in [-0.4, -0.2) is 13.1 Å². The maximum absolute atomic E-state index is 11.9. The monoisotopic (exact) mass is 360 g/mol. The fourth-order valence-corrected chi connectivity index (χ4v) is 2.10. The van der Waals surface area contributed by atoms with Crippen LogP contribution in [0.1, 0.15) is 0 Å². The molecule has 0 aromatic heterocycles. The molecule has 22 heavy (non-hydrogen) atoms. The Morgan fingerprint density at radius 1 is 0.955 bits per heavy atom. The number of ether oxygens (including phenoxy) is 1. The Kier molecular flexibility index (Phi) is 5.60. The van der Waals surface area contributed by atoms with Crippen molar-refractivity contribution >= 4 is 52.5 Å². The van der Waals surface area contributed by atoms with E-state index in [9.17, 15) is 4.79 Å². The molecule has 0 aliphatic carbocycles. The third-order valence-corrected chi connectivity index (χ3v) is 3.59. The van der Waals surface area contributed by atoms with Gasteiger partial charge in [-0.2, -0.15) is 0 Å². The maximum Gasteiger partial charge on any atom is 0.323 e. The zero-order valence-electron chi connectivity index (χ0n) is 11.3. The van der Waals surface area contributed by atoms with Gasteiger partial charge in [-0.25, -0.2) is 4.79 Å². The number of methoxy groups -OCH3 is 1. The minimum atomic E-state index is -0.444. The van der Waals surface area contributed by atoms with Crippen molar-refractivity contribution in [2.45, 2.75) is 0 Å². The normalized spacial score (nSPS) is 10.0. The van der Waals surface area contributed by atoms with E-state index in [0.717, 1.165) is 0 Å². The molecule has 0 fully saturated rings. The Labute approximate surface area is 142 Å². The molecule has 2 aromatic carbocycles. The first kappa shape index (κ1) is 16.5. The topological polar surface area (TPSA) is 59.6 Å². The second-order valence-corrected chi connectivity index (χ2v) is 5.12. The first-order valence-corrected chi connectivity index (χ1v) is 7.09. The van der Waals surface area contributed by atoms with E-state index in [-0.39, 0.29) is 0 Å². The van der Waals surface area contributed by atoms with Crippen LogP contribution in [0.2, 0.25) is 10.0 Å². The van der Waals surface area contributed by atoms with Crippen molar-refractivity contribution in [1.29, 1.82) is 0 Å².